The third-order valence-corrected chi connectivity index (χ3v) is 4.64. The molecule has 2 aromatic rings. The number of hydrogen-bond donors (Lipinski definition) is 1. The van der Waals surface area contributed by atoms with Crippen LogP contribution in [0.5, 0.6) is 0 Å². The number of oxazole rings is 1. The molecule has 1 aromatic carbocycles. The molecule has 1 aromatic heterocycles. The molecular formula is C17H23BN2O3. The Morgan fingerprint density at radius 2 is 1.91 bits per heavy atom. The molecule has 0 spiro atoms. The second-order valence-electron chi connectivity index (χ2n) is 6.92. The van der Waals surface area contributed by atoms with Gasteiger partial charge in [-0.2, -0.15) is 0 Å². The number of nitrogens with zero attached hydrogens (tertiary/aromatic N) is 1. The molecule has 1 aliphatic rings. The van der Waals surface area contributed by atoms with Gasteiger partial charge in [0, 0.05) is 6.54 Å². The van der Waals surface area contributed by atoms with Crippen LogP contribution < -0.4 is 5.32 Å². The number of nitrogens with one attached hydrogen (secondary N) is 1. The first kappa shape index (κ1) is 16.2. The van der Waals surface area contributed by atoms with Crippen molar-refractivity contribution in [3.8, 4) is 0 Å². The second kappa shape index (κ2) is 5.78. The van der Waals surface area contributed by atoms with E-state index in [-0.39, 0.29) is 18.3 Å². The van der Waals surface area contributed by atoms with Gasteiger partial charge in [-0.1, -0.05) is 12.1 Å². The van der Waals surface area contributed by atoms with Crippen LogP contribution in [-0.4, -0.2) is 36.9 Å². The largest absolute Gasteiger partial charge is 0.491 e. The van der Waals surface area contributed by atoms with Crippen molar-refractivity contribution in [2.24, 2.45) is 0 Å². The number of rotatable bonds is 4. The maximum absolute atomic E-state index is 6.16. The third kappa shape index (κ3) is 3.07. The molecule has 1 saturated heterocycles. The summed E-state index contributed by atoms with van der Waals surface area (Å²) in [5, 5.41) is 3.19. The highest BCUT2D eigenvalue weighted by atomic mass is 16.7. The van der Waals surface area contributed by atoms with Crippen LogP contribution in [-0.2, 0) is 9.31 Å². The van der Waals surface area contributed by atoms with Gasteiger partial charge < -0.3 is 19.0 Å². The molecule has 0 amide bonds. The highest BCUT2D eigenvalue weighted by molar-refractivity contribution is 6.55. The van der Waals surface area contributed by atoms with E-state index in [0.29, 0.717) is 6.54 Å². The van der Waals surface area contributed by atoms with Gasteiger partial charge in [0.2, 0.25) is 0 Å². The van der Waals surface area contributed by atoms with E-state index >= 15 is 0 Å². The fraction of sp³-hybridized carbons (Fsp3) is 0.471. The Balaban J connectivity index is 1.92. The smallest absolute Gasteiger partial charge is 0.443 e. The van der Waals surface area contributed by atoms with Gasteiger partial charge in [-0.15, -0.1) is 0 Å². The standard InChI is InChI=1S/C17H23BN2O3/c1-16(2)17(3,4)23-18(22-16)13(10-19-5)8-12-6-7-15-14(9-12)20-11-21-15/h6-9,11,19H,10H2,1-5H3. The fourth-order valence-electron chi connectivity index (χ4n) is 2.58. The molecule has 23 heavy (non-hydrogen) atoms. The zero-order valence-electron chi connectivity index (χ0n) is 14.3. The van der Waals surface area contributed by atoms with E-state index in [9.17, 15) is 0 Å². The lowest BCUT2D eigenvalue weighted by Gasteiger charge is -2.32. The Kier molecular flexibility index (Phi) is 4.08. The van der Waals surface area contributed by atoms with Crippen LogP contribution in [0.1, 0.15) is 33.3 Å². The topological polar surface area (TPSA) is 56.5 Å². The Hall–Kier alpha value is -1.63. The molecule has 3 rings (SSSR count). The lowest BCUT2D eigenvalue weighted by molar-refractivity contribution is 0.00578. The maximum atomic E-state index is 6.16. The van der Waals surface area contributed by atoms with Gasteiger partial charge in [-0.3, -0.25) is 0 Å². The minimum atomic E-state index is -0.361. The maximum Gasteiger partial charge on any atom is 0.491 e. The van der Waals surface area contributed by atoms with Gasteiger partial charge in [0.25, 0.3) is 0 Å². The summed E-state index contributed by atoms with van der Waals surface area (Å²) in [7, 11) is 1.56. The van der Waals surface area contributed by atoms with Crippen LogP contribution in [0.15, 0.2) is 34.5 Å². The van der Waals surface area contributed by atoms with Crippen LogP contribution >= 0.6 is 0 Å². The molecule has 0 saturated carbocycles. The van der Waals surface area contributed by atoms with Crippen molar-refractivity contribution in [3.63, 3.8) is 0 Å². The van der Waals surface area contributed by atoms with Gasteiger partial charge in [0.05, 0.1) is 11.2 Å². The van der Waals surface area contributed by atoms with E-state index in [1.807, 2.05) is 25.2 Å². The molecule has 0 radical (unpaired) electrons. The Bertz CT molecular complexity index is 720. The SMILES string of the molecule is CNCC(=Cc1ccc2ocnc2c1)B1OC(C)(C)C(C)(C)O1. The number of hydrogen-bond acceptors (Lipinski definition) is 5. The number of benzene rings is 1. The van der Waals surface area contributed by atoms with Crippen molar-refractivity contribution in [3.05, 3.63) is 35.6 Å². The lowest BCUT2D eigenvalue weighted by Crippen LogP contribution is -2.41. The monoisotopic (exact) mass is 314 g/mol. The number of aromatic nitrogens is 1. The quantitative estimate of drug-likeness (QED) is 0.879. The van der Waals surface area contributed by atoms with Crippen molar-refractivity contribution >= 4 is 24.3 Å². The lowest BCUT2D eigenvalue weighted by atomic mass is 9.77. The first-order chi connectivity index (χ1) is 10.8. The average Bonchev–Trinajstić information content (AvgIpc) is 3.00. The summed E-state index contributed by atoms with van der Waals surface area (Å²) in [4.78, 5) is 4.20. The van der Waals surface area contributed by atoms with Crippen molar-refractivity contribution in [1.29, 1.82) is 0 Å². The molecule has 0 bridgehead atoms. The summed E-state index contributed by atoms with van der Waals surface area (Å²) >= 11 is 0. The molecule has 0 aliphatic carbocycles. The van der Waals surface area contributed by atoms with Crippen LogP contribution in [0.4, 0.5) is 0 Å². The van der Waals surface area contributed by atoms with Crippen molar-refractivity contribution in [2.75, 3.05) is 13.6 Å². The summed E-state index contributed by atoms with van der Waals surface area (Å²) in [6, 6.07) is 5.93. The van der Waals surface area contributed by atoms with E-state index in [2.05, 4.69) is 44.1 Å². The summed E-state index contributed by atoms with van der Waals surface area (Å²) < 4.78 is 17.6. The van der Waals surface area contributed by atoms with E-state index in [4.69, 9.17) is 13.7 Å². The van der Waals surface area contributed by atoms with E-state index < -0.39 is 0 Å². The number of likely N-dealkylation sites (N-methyl/N-ethyl adjacent to an activating group) is 1. The molecule has 122 valence electrons. The Labute approximate surface area is 137 Å². The number of fused-ring (bicyclic) bond motifs is 1. The molecule has 2 heterocycles. The van der Waals surface area contributed by atoms with Gasteiger partial charge in [-0.25, -0.2) is 4.98 Å². The predicted octanol–water partition coefficient (Wildman–Crippen LogP) is 3.06. The molecule has 5 nitrogen and oxygen atoms in total. The van der Waals surface area contributed by atoms with Gasteiger partial charge in [0.1, 0.15) is 5.52 Å². The zero-order valence-corrected chi connectivity index (χ0v) is 14.3. The van der Waals surface area contributed by atoms with Crippen LogP contribution in [0.3, 0.4) is 0 Å². The zero-order chi connectivity index (χ0) is 16.7. The molecular weight excluding hydrogens is 291 g/mol. The predicted molar refractivity (Wildman–Crippen MR) is 92.0 cm³/mol. The van der Waals surface area contributed by atoms with Gasteiger partial charge in [-0.05, 0) is 57.9 Å². The minimum Gasteiger partial charge on any atom is -0.443 e. The molecule has 6 heteroatoms. The first-order valence-electron chi connectivity index (χ1n) is 7.86. The highest BCUT2D eigenvalue weighted by Gasteiger charge is 2.52. The second-order valence-corrected chi connectivity index (χ2v) is 6.92. The summed E-state index contributed by atoms with van der Waals surface area (Å²) in [6.07, 6.45) is 3.55. The summed E-state index contributed by atoms with van der Waals surface area (Å²) in [5.41, 5.74) is 3.03. The van der Waals surface area contributed by atoms with Crippen LogP contribution in [0, 0.1) is 0 Å². The fourth-order valence-corrected chi connectivity index (χ4v) is 2.58. The van der Waals surface area contributed by atoms with Crippen LogP contribution in [0.2, 0.25) is 0 Å². The Morgan fingerprint density at radius 1 is 1.22 bits per heavy atom. The molecule has 1 N–H and O–H groups in total. The normalized spacial score (nSPS) is 20.4. The van der Waals surface area contributed by atoms with Gasteiger partial charge >= 0.3 is 7.12 Å². The van der Waals surface area contributed by atoms with Gasteiger partial charge in [0.15, 0.2) is 12.0 Å². The van der Waals surface area contributed by atoms with Crippen molar-refractivity contribution < 1.29 is 13.7 Å². The van der Waals surface area contributed by atoms with E-state index in [1.165, 1.54) is 6.39 Å². The first-order valence-corrected chi connectivity index (χ1v) is 7.86. The third-order valence-electron chi connectivity index (χ3n) is 4.64. The van der Waals surface area contributed by atoms with Crippen molar-refractivity contribution in [2.45, 2.75) is 38.9 Å². The van der Waals surface area contributed by atoms with Crippen molar-refractivity contribution in [1.82, 2.24) is 10.3 Å². The average molecular weight is 314 g/mol. The summed E-state index contributed by atoms with van der Waals surface area (Å²) in [5.74, 6) is 0. The molecule has 1 aliphatic heterocycles. The summed E-state index contributed by atoms with van der Waals surface area (Å²) in [6.45, 7) is 8.93. The molecule has 0 atom stereocenters. The van der Waals surface area contributed by atoms with Crippen LogP contribution in [0.25, 0.3) is 17.2 Å². The Morgan fingerprint density at radius 3 is 2.57 bits per heavy atom. The molecule has 1 fully saturated rings. The van der Waals surface area contributed by atoms with E-state index in [0.717, 1.165) is 22.1 Å². The van der Waals surface area contributed by atoms with E-state index in [1.54, 1.807) is 0 Å². The molecule has 0 unspecified atom stereocenters. The highest BCUT2D eigenvalue weighted by Crippen LogP contribution is 2.38. The minimum absolute atomic E-state index is 0.347.